The summed E-state index contributed by atoms with van der Waals surface area (Å²) in [7, 11) is -4.21. The fourth-order valence-corrected chi connectivity index (χ4v) is 1.43. The molecule has 0 atom stereocenters. The molecule has 0 heterocycles. The van der Waals surface area contributed by atoms with Crippen molar-refractivity contribution in [3.8, 4) is 0 Å². The van der Waals surface area contributed by atoms with Crippen LogP contribution in [0.4, 0.5) is 5.69 Å². The predicted octanol–water partition coefficient (Wildman–Crippen LogP) is 0.257. The van der Waals surface area contributed by atoms with Gasteiger partial charge in [-0.15, -0.1) is 0 Å². The van der Waals surface area contributed by atoms with Gasteiger partial charge in [-0.2, -0.15) is 8.42 Å². The quantitative estimate of drug-likeness (QED) is 0.337. The van der Waals surface area contributed by atoms with E-state index >= 15 is 0 Å². The minimum absolute atomic E-state index is 0.0109. The molecule has 7 nitrogen and oxygen atoms in total. The first-order chi connectivity index (χ1) is 7.94. The highest BCUT2D eigenvalue weighted by Gasteiger charge is 2.13. The number of para-hydroxylation sites is 1. The number of hydrogen-bond acceptors (Lipinski definition) is 6. The van der Waals surface area contributed by atoms with Crippen molar-refractivity contribution in [3.05, 3.63) is 29.8 Å². The van der Waals surface area contributed by atoms with Crippen LogP contribution in [-0.2, 0) is 19.6 Å². The highest BCUT2D eigenvalue weighted by molar-refractivity contribution is 7.85. The summed E-state index contributed by atoms with van der Waals surface area (Å²) in [6, 6.07) is 5.81. The first-order valence-corrected chi connectivity index (χ1v) is 5.97. The summed E-state index contributed by atoms with van der Waals surface area (Å²) >= 11 is 0. The van der Waals surface area contributed by atoms with Gasteiger partial charge in [-0.25, -0.2) is 4.79 Å². The summed E-state index contributed by atoms with van der Waals surface area (Å²) in [5, 5.41) is 2.34. The maximum absolute atomic E-state index is 11.3. The van der Waals surface area contributed by atoms with Crippen LogP contribution < -0.4 is 5.32 Å². The Bertz CT molecular complexity index is 524. The number of carbonyl (C=O) groups excluding carboxylic acids is 2. The maximum atomic E-state index is 11.3. The SMILES string of the molecule is O=COC(=O)c1ccccc1NCS(=O)(=O)O. The second kappa shape index (κ2) is 5.41. The van der Waals surface area contributed by atoms with Gasteiger partial charge in [0, 0.05) is 5.69 Å². The number of ether oxygens (including phenoxy) is 1. The minimum Gasteiger partial charge on any atom is -0.392 e. The number of rotatable bonds is 5. The Labute approximate surface area is 97.1 Å². The summed E-state index contributed by atoms with van der Waals surface area (Å²) in [6.45, 7) is -0.0259. The monoisotopic (exact) mass is 259 g/mol. The molecule has 1 aromatic carbocycles. The average molecular weight is 259 g/mol. The molecule has 1 aromatic rings. The van der Waals surface area contributed by atoms with E-state index in [2.05, 4.69) is 10.1 Å². The van der Waals surface area contributed by atoms with Gasteiger partial charge in [0.05, 0.1) is 5.56 Å². The molecule has 0 spiro atoms. The van der Waals surface area contributed by atoms with Gasteiger partial charge in [0.25, 0.3) is 10.1 Å². The zero-order chi connectivity index (χ0) is 12.9. The zero-order valence-corrected chi connectivity index (χ0v) is 9.31. The van der Waals surface area contributed by atoms with Crippen molar-refractivity contribution in [2.24, 2.45) is 0 Å². The van der Waals surface area contributed by atoms with Gasteiger partial charge < -0.3 is 10.1 Å². The standard InChI is InChI=1S/C9H9NO6S/c11-6-16-9(12)7-3-1-2-4-8(7)10-5-17(13,14)15/h1-4,6,10H,5H2,(H,13,14,15). The van der Waals surface area contributed by atoms with Gasteiger partial charge in [0.2, 0.25) is 0 Å². The van der Waals surface area contributed by atoms with Crippen LogP contribution >= 0.6 is 0 Å². The van der Waals surface area contributed by atoms with Crippen LogP contribution in [0.2, 0.25) is 0 Å². The normalized spacial score (nSPS) is 10.6. The molecule has 0 saturated carbocycles. The fourth-order valence-electron chi connectivity index (χ4n) is 1.09. The van der Waals surface area contributed by atoms with E-state index in [4.69, 9.17) is 4.55 Å². The van der Waals surface area contributed by atoms with E-state index in [1.165, 1.54) is 18.2 Å². The highest BCUT2D eigenvalue weighted by atomic mass is 32.2. The third-order valence-corrected chi connectivity index (χ3v) is 2.26. The van der Waals surface area contributed by atoms with E-state index < -0.39 is 22.0 Å². The lowest BCUT2D eigenvalue weighted by atomic mass is 10.2. The number of anilines is 1. The third kappa shape index (κ3) is 4.21. The van der Waals surface area contributed by atoms with Crippen LogP contribution in [0.15, 0.2) is 24.3 Å². The number of carbonyl (C=O) groups is 2. The van der Waals surface area contributed by atoms with Crippen molar-refractivity contribution in [3.63, 3.8) is 0 Å². The number of nitrogens with one attached hydrogen (secondary N) is 1. The lowest BCUT2D eigenvalue weighted by Crippen LogP contribution is -2.15. The van der Waals surface area contributed by atoms with Crippen molar-refractivity contribution < 1.29 is 27.3 Å². The molecule has 17 heavy (non-hydrogen) atoms. The van der Waals surface area contributed by atoms with Gasteiger partial charge in [0.15, 0.2) is 0 Å². The van der Waals surface area contributed by atoms with Crippen molar-refractivity contribution >= 4 is 28.2 Å². The van der Waals surface area contributed by atoms with E-state index in [1.54, 1.807) is 6.07 Å². The first-order valence-electron chi connectivity index (χ1n) is 4.37. The van der Waals surface area contributed by atoms with Crippen molar-refractivity contribution in [2.45, 2.75) is 0 Å². The molecule has 0 bridgehead atoms. The zero-order valence-electron chi connectivity index (χ0n) is 8.49. The van der Waals surface area contributed by atoms with Crippen LogP contribution in [0, 0.1) is 0 Å². The molecule has 1 rings (SSSR count). The second-order valence-corrected chi connectivity index (χ2v) is 4.40. The molecule has 0 amide bonds. The molecule has 92 valence electrons. The number of benzene rings is 1. The third-order valence-electron chi connectivity index (χ3n) is 1.75. The van der Waals surface area contributed by atoms with E-state index in [9.17, 15) is 18.0 Å². The average Bonchev–Trinajstić information content (AvgIpc) is 2.26. The summed E-state index contributed by atoms with van der Waals surface area (Å²) in [5.41, 5.74) is 0.125. The van der Waals surface area contributed by atoms with Crippen LogP contribution in [0.25, 0.3) is 0 Å². The summed E-state index contributed by atoms with van der Waals surface area (Å²) in [5.74, 6) is -1.67. The lowest BCUT2D eigenvalue weighted by molar-refractivity contribution is -0.123. The second-order valence-electron chi connectivity index (χ2n) is 2.95. The Kier molecular flexibility index (Phi) is 4.18. The lowest BCUT2D eigenvalue weighted by Gasteiger charge is -2.08. The Balaban J connectivity index is 2.92. The largest absolute Gasteiger partial charge is 0.392 e. The van der Waals surface area contributed by atoms with E-state index in [0.29, 0.717) is 0 Å². The van der Waals surface area contributed by atoms with E-state index in [-0.39, 0.29) is 17.7 Å². The predicted molar refractivity (Wildman–Crippen MR) is 58.0 cm³/mol. The van der Waals surface area contributed by atoms with Crippen LogP contribution in [-0.4, -0.2) is 31.3 Å². The van der Waals surface area contributed by atoms with Crippen molar-refractivity contribution in [1.29, 1.82) is 0 Å². The molecule has 0 aliphatic heterocycles. The maximum Gasteiger partial charge on any atom is 0.347 e. The molecule has 0 saturated heterocycles. The molecule has 0 radical (unpaired) electrons. The molecule has 0 aliphatic rings. The Morgan fingerprint density at radius 2 is 2.06 bits per heavy atom. The van der Waals surface area contributed by atoms with E-state index in [0.717, 1.165) is 0 Å². The van der Waals surface area contributed by atoms with E-state index in [1.807, 2.05) is 0 Å². The smallest absolute Gasteiger partial charge is 0.347 e. The topological polar surface area (TPSA) is 110 Å². The minimum atomic E-state index is -4.21. The van der Waals surface area contributed by atoms with Crippen LogP contribution in [0.3, 0.4) is 0 Å². The van der Waals surface area contributed by atoms with Gasteiger partial charge in [-0.1, -0.05) is 12.1 Å². The van der Waals surface area contributed by atoms with Gasteiger partial charge >= 0.3 is 12.4 Å². The molecule has 0 unspecified atom stereocenters. The molecule has 2 N–H and O–H groups in total. The Morgan fingerprint density at radius 3 is 2.65 bits per heavy atom. The van der Waals surface area contributed by atoms with Gasteiger partial charge in [-0.3, -0.25) is 9.35 Å². The molecule has 0 aromatic heterocycles. The molecular formula is C9H9NO6S. The first kappa shape index (κ1) is 13.1. The van der Waals surface area contributed by atoms with Crippen molar-refractivity contribution in [2.75, 3.05) is 11.2 Å². The summed E-state index contributed by atoms with van der Waals surface area (Å²) < 4.78 is 33.7. The Morgan fingerprint density at radius 1 is 1.41 bits per heavy atom. The summed E-state index contributed by atoms with van der Waals surface area (Å²) in [4.78, 5) is 21.3. The fraction of sp³-hybridized carbons (Fsp3) is 0.111. The van der Waals surface area contributed by atoms with Gasteiger partial charge in [0.1, 0.15) is 5.88 Å². The Hall–Kier alpha value is -1.93. The highest BCUT2D eigenvalue weighted by Crippen LogP contribution is 2.15. The van der Waals surface area contributed by atoms with Crippen molar-refractivity contribution in [1.82, 2.24) is 0 Å². The van der Waals surface area contributed by atoms with Gasteiger partial charge in [-0.05, 0) is 12.1 Å². The number of esters is 1. The van der Waals surface area contributed by atoms with Crippen LogP contribution in [0.1, 0.15) is 10.4 Å². The molecule has 0 fully saturated rings. The summed E-state index contributed by atoms with van der Waals surface area (Å²) in [6.07, 6.45) is 0. The molecular weight excluding hydrogens is 250 g/mol. The molecule has 0 aliphatic carbocycles. The van der Waals surface area contributed by atoms with Crippen LogP contribution in [0.5, 0.6) is 0 Å². The molecule has 8 heteroatoms. The number of hydrogen-bond donors (Lipinski definition) is 2.